The molecule has 0 radical (unpaired) electrons. The minimum Gasteiger partial charge on any atom is -0.331 e. The van der Waals surface area contributed by atoms with Crippen molar-refractivity contribution in [3.05, 3.63) is 12.3 Å². The summed E-state index contributed by atoms with van der Waals surface area (Å²) in [6, 6.07) is -0.120. The molecule has 58 valence electrons. The average molecular weight is 150 g/mol. The van der Waals surface area contributed by atoms with Gasteiger partial charge < -0.3 is 5.32 Å². The first-order valence-corrected chi connectivity index (χ1v) is 3.85. The number of fused-ring (bicyclic) bond motifs is 1. The van der Waals surface area contributed by atoms with Crippen LogP contribution in [-0.2, 0) is 4.79 Å². The molecule has 0 aromatic carbocycles. The molecule has 2 aliphatic heterocycles. The molecule has 2 unspecified atom stereocenters. The highest BCUT2D eigenvalue weighted by atomic mass is 16.2. The summed E-state index contributed by atoms with van der Waals surface area (Å²) < 4.78 is 0. The van der Waals surface area contributed by atoms with Gasteiger partial charge >= 0.3 is 0 Å². The fraction of sp³-hybridized carbons (Fsp3) is 0.500. The number of hydrogen-bond acceptors (Lipinski definition) is 2. The van der Waals surface area contributed by atoms with Crippen LogP contribution in [0.15, 0.2) is 17.3 Å². The summed E-state index contributed by atoms with van der Waals surface area (Å²) in [6.45, 7) is 0. The molecule has 0 fully saturated rings. The van der Waals surface area contributed by atoms with Gasteiger partial charge in [-0.15, -0.1) is 0 Å². The zero-order valence-corrected chi connectivity index (χ0v) is 6.16. The summed E-state index contributed by atoms with van der Waals surface area (Å²) in [6.07, 6.45) is 7.48. The smallest absolute Gasteiger partial charge is 0.248 e. The number of hydrogen-bond donors (Lipinski definition) is 1. The lowest BCUT2D eigenvalue weighted by Crippen LogP contribution is -2.31. The molecule has 3 nitrogen and oxygen atoms in total. The number of carbonyl (C=O) groups is 1. The van der Waals surface area contributed by atoms with Crippen LogP contribution in [0.2, 0.25) is 0 Å². The van der Waals surface area contributed by atoms with Gasteiger partial charge in [0.1, 0.15) is 6.04 Å². The van der Waals surface area contributed by atoms with E-state index in [1.165, 1.54) is 0 Å². The lowest BCUT2D eigenvalue weighted by Gasteiger charge is -2.11. The van der Waals surface area contributed by atoms with Crippen molar-refractivity contribution in [2.24, 2.45) is 10.9 Å². The highest BCUT2D eigenvalue weighted by Crippen LogP contribution is 2.23. The van der Waals surface area contributed by atoms with Crippen LogP contribution in [0, 0.1) is 5.92 Å². The number of amides is 1. The molecule has 1 amide bonds. The van der Waals surface area contributed by atoms with Crippen LogP contribution in [0.25, 0.3) is 0 Å². The number of nitrogens with zero attached hydrogens (tertiary/aromatic N) is 1. The van der Waals surface area contributed by atoms with Gasteiger partial charge in [-0.05, 0) is 25.0 Å². The molecule has 2 heterocycles. The van der Waals surface area contributed by atoms with E-state index < -0.39 is 0 Å². The fourth-order valence-corrected chi connectivity index (χ4v) is 1.54. The van der Waals surface area contributed by atoms with Crippen LogP contribution in [0.5, 0.6) is 0 Å². The van der Waals surface area contributed by atoms with Gasteiger partial charge in [-0.25, -0.2) is 0 Å². The SMILES string of the molecule is O=C1NC=CCC2CC=NC12. The number of aliphatic imine (C=N–C) groups is 1. The van der Waals surface area contributed by atoms with Gasteiger partial charge in [0.25, 0.3) is 0 Å². The average Bonchev–Trinajstić information content (AvgIpc) is 2.40. The monoisotopic (exact) mass is 150 g/mol. The van der Waals surface area contributed by atoms with Crippen LogP contribution < -0.4 is 5.32 Å². The lowest BCUT2D eigenvalue weighted by molar-refractivity contribution is -0.121. The second-order valence-corrected chi connectivity index (χ2v) is 2.92. The van der Waals surface area contributed by atoms with E-state index in [-0.39, 0.29) is 11.9 Å². The number of nitrogens with one attached hydrogen (secondary N) is 1. The normalized spacial score (nSPS) is 34.7. The van der Waals surface area contributed by atoms with Crippen LogP contribution in [0.1, 0.15) is 12.8 Å². The zero-order valence-electron chi connectivity index (χ0n) is 6.16. The third kappa shape index (κ3) is 1.06. The van der Waals surface area contributed by atoms with Crippen LogP contribution in [0.4, 0.5) is 0 Å². The minimum absolute atomic E-state index is 0.0394. The van der Waals surface area contributed by atoms with Gasteiger partial charge in [-0.2, -0.15) is 0 Å². The van der Waals surface area contributed by atoms with Crippen molar-refractivity contribution in [2.45, 2.75) is 18.9 Å². The first kappa shape index (κ1) is 6.58. The Labute approximate surface area is 65.2 Å². The molecular weight excluding hydrogens is 140 g/mol. The standard InChI is InChI=1S/C8H10N2O/c11-8-7-6(3-5-9-7)2-1-4-10-8/h1,4-7H,2-3H2,(H,10,11). The molecule has 0 aromatic rings. The van der Waals surface area contributed by atoms with Gasteiger partial charge in [0, 0.05) is 6.21 Å². The maximum absolute atomic E-state index is 11.2. The van der Waals surface area contributed by atoms with E-state index in [4.69, 9.17) is 0 Å². The second kappa shape index (κ2) is 2.49. The largest absolute Gasteiger partial charge is 0.331 e. The molecule has 2 rings (SSSR count). The van der Waals surface area contributed by atoms with E-state index in [9.17, 15) is 4.79 Å². The summed E-state index contributed by atoms with van der Waals surface area (Å²) in [5.74, 6) is 0.450. The van der Waals surface area contributed by atoms with Crippen molar-refractivity contribution in [1.29, 1.82) is 0 Å². The molecule has 0 bridgehead atoms. The first-order chi connectivity index (χ1) is 5.38. The maximum Gasteiger partial charge on any atom is 0.248 e. The Morgan fingerprint density at radius 2 is 2.45 bits per heavy atom. The van der Waals surface area contributed by atoms with Crippen LogP contribution in [-0.4, -0.2) is 18.2 Å². The Bertz CT molecular complexity index is 232. The lowest BCUT2D eigenvalue weighted by atomic mass is 9.97. The highest BCUT2D eigenvalue weighted by Gasteiger charge is 2.30. The van der Waals surface area contributed by atoms with Crippen molar-refractivity contribution in [1.82, 2.24) is 5.32 Å². The Hall–Kier alpha value is -1.12. The number of rotatable bonds is 0. The van der Waals surface area contributed by atoms with Crippen molar-refractivity contribution < 1.29 is 4.79 Å². The molecule has 2 atom stereocenters. The topological polar surface area (TPSA) is 41.5 Å². The van der Waals surface area contributed by atoms with Crippen molar-refractivity contribution in [3.8, 4) is 0 Å². The van der Waals surface area contributed by atoms with Crippen LogP contribution in [0.3, 0.4) is 0 Å². The predicted molar refractivity (Wildman–Crippen MR) is 42.3 cm³/mol. The van der Waals surface area contributed by atoms with Gasteiger partial charge in [0.05, 0.1) is 0 Å². The van der Waals surface area contributed by atoms with E-state index in [0.717, 1.165) is 12.8 Å². The number of allylic oxidation sites excluding steroid dienone is 1. The summed E-state index contributed by atoms with van der Waals surface area (Å²) in [7, 11) is 0. The highest BCUT2D eigenvalue weighted by molar-refractivity contribution is 5.86. The number of carbonyl (C=O) groups excluding carboxylic acids is 1. The van der Waals surface area contributed by atoms with E-state index in [0.29, 0.717) is 5.92 Å². The Kier molecular flexibility index (Phi) is 1.49. The molecule has 0 aromatic heterocycles. The zero-order chi connectivity index (χ0) is 7.68. The van der Waals surface area contributed by atoms with Crippen LogP contribution >= 0.6 is 0 Å². The Morgan fingerprint density at radius 1 is 1.55 bits per heavy atom. The van der Waals surface area contributed by atoms with Crippen molar-refractivity contribution in [3.63, 3.8) is 0 Å². The Morgan fingerprint density at radius 3 is 3.36 bits per heavy atom. The third-order valence-electron chi connectivity index (χ3n) is 2.17. The molecule has 11 heavy (non-hydrogen) atoms. The first-order valence-electron chi connectivity index (χ1n) is 3.85. The third-order valence-corrected chi connectivity index (χ3v) is 2.17. The van der Waals surface area contributed by atoms with E-state index in [1.54, 1.807) is 6.20 Å². The van der Waals surface area contributed by atoms with Gasteiger partial charge in [-0.3, -0.25) is 9.79 Å². The summed E-state index contributed by atoms with van der Waals surface area (Å²) in [4.78, 5) is 15.3. The molecule has 0 saturated carbocycles. The second-order valence-electron chi connectivity index (χ2n) is 2.92. The quantitative estimate of drug-likeness (QED) is 0.536. The van der Waals surface area contributed by atoms with Crippen molar-refractivity contribution >= 4 is 12.1 Å². The molecule has 2 aliphatic rings. The van der Waals surface area contributed by atoms with Gasteiger partial charge in [0.2, 0.25) is 5.91 Å². The minimum atomic E-state index is -0.120. The summed E-state index contributed by atoms with van der Waals surface area (Å²) >= 11 is 0. The maximum atomic E-state index is 11.2. The molecule has 0 spiro atoms. The summed E-state index contributed by atoms with van der Waals surface area (Å²) in [5.41, 5.74) is 0. The summed E-state index contributed by atoms with van der Waals surface area (Å²) in [5, 5.41) is 2.68. The Balaban J connectivity index is 2.20. The molecule has 1 N–H and O–H groups in total. The predicted octanol–water partition coefficient (Wildman–Crippen LogP) is 0.479. The van der Waals surface area contributed by atoms with E-state index in [1.807, 2.05) is 12.3 Å². The molecule has 0 saturated heterocycles. The van der Waals surface area contributed by atoms with Gasteiger partial charge in [0.15, 0.2) is 0 Å². The fourth-order valence-electron chi connectivity index (χ4n) is 1.54. The van der Waals surface area contributed by atoms with E-state index in [2.05, 4.69) is 10.3 Å². The van der Waals surface area contributed by atoms with Gasteiger partial charge in [-0.1, -0.05) is 6.08 Å². The van der Waals surface area contributed by atoms with Crippen molar-refractivity contribution in [2.75, 3.05) is 0 Å². The molecular formula is C8H10N2O. The molecule has 0 aliphatic carbocycles. The van der Waals surface area contributed by atoms with E-state index >= 15 is 0 Å². The molecule has 3 heteroatoms.